The number of nitriles is 4. The minimum absolute atomic E-state index is 0.00533. The van der Waals surface area contributed by atoms with Crippen molar-refractivity contribution < 1.29 is 9.53 Å². The van der Waals surface area contributed by atoms with Crippen LogP contribution in [0.3, 0.4) is 0 Å². The van der Waals surface area contributed by atoms with E-state index in [0.717, 1.165) is 17.1 Å². The molecule has 0 atom stereocenters. The monoisotopic (exact) mass is 455 g/mol. The van der Waals surface area contributed by atoms with Gasteiger partial charge in [-0.15, -0.1) is 0 Å². The number of nitrogens with zero attached hydrogens (tertiary/aromatic N) is 5. The highest BCUT2D eigenvalue weighted by atomic mass is 16.5. The van der Waals surface area contributed by atoms with Gasteiger partial charge in [-0.05, 0) is 71.8 Å². The van der Waals surface area contributed by atoms with Crippen LogP contribution in [-0.2, 0) is 4.74 Å². The largest absolute Gasteiger partial charge is 0.465 e. The fourth-order valence-electron chi connectivity index (χ4n) is 3.26. The van der Waals surface area contributed by atoms with Gasteiger partial charge in [-0.25, -0.2) is 4.79 Å². The van der Waals surface area contributed by atoms with Gasteiger partial charge in [0.15, 0.2) is 0 Å². The second-order valence-corrected chi connectivity index (χ2v) is 7.12. The van der Waals surface area contributed by atoms with Crippen molar-refractivity contribution in [3.8, 4) is 24.3 Å². The number of ether oxygens (including phenoxy) is 1. The molecule has 7 heteroatoms. The Kier molecular flexibility index (Phi) is 7.75. The van der Waals surface area contributed by atoms with Gasteiger partial charge in [0.05, 0.1) is 12.7 Å². The van der Waals surface area contributed by atoms with E-state index in [9.17, 15) is 4.79 Å². The molecule has 0 unspecified atom stereocenters. The van der Waals surface area contributed by atoms with E-state index < -0.39 is 5.97 Å². The Hall–Kier alpha value is -5.63. The Bertz CT molecular complexity index is 1340. The van der Waals surface area contributed by atoms with E-state index in [0.29, 0.717) is 16.7 Å². The summed E-state index contributed by atoms with van der Waals surface area (Å²) in [6.45, 7) is 0. The summed E-state index contributed by atoms with van der Waals surface area (Å²) in [5.74, 6) is -0.438. The van der Waals surface area contributed by atoms with Crippen molar-refractivity contribution in [3.05, 3.63) is 101 Å². The molecule has 0 bridgehead atoms. The zero-order valence-electron chi connectivity index (χ0n) is 18.6. The summed E-state index contributed by atoms with van der Waals surface area (Å²) in [5, 5.41) is 36.0. The van der Waals surface area contributed by atoms with Gasteiger partial charge in [0, 0.05) is 17.1 Å². The van der Waals surface area contributed by atoms with E-state index in [-0.39, 0.29) is 11.1 Å². The van der Waals surface area contributed by atoms with Crippen LogP contribution in [-0.4, -0.2) is 13.1 Å². The third kappa shape index (κ3) is 5.79. The fraction of sp³-hybridized carbons (Fsp3) is 0.0357. The number of anilines is 3. The summed E-state index contributed by atoms with van der Waals surface area (Å²) in [5.41, 5.74) is 4.19. The maximum absolute atomic E-state index is 11.8. The molecule has 35 heavy (non-hydrogen) atoms. The summed E-state index contributed by atoms with van der Waals surface area (Å²) in [7, 11) is 1.32. The second-order valence-electron chi connectivity index (χ2n) is 7.12. The number of methoxy groups -OCH3 is 1. The molecule has 0 saturated heterocycles. The standard InChI is InChI=1S/C28H17N5O2/c1-35-28(34)24-6-12-27(13-7-24)33(25-8-2-20(3-9-25)14-22(16-29)17-30)26-10-4-21(5-11-26)15-23(18-31)19-32/h2-15H,1H3. The molecule has 0 spiro atoms. The number of hydrogen-bond donors (Lipinski definition) is 0. The first-order chi connectivity index (χ1) is 17.0. The Morgan fingerprint density at radius 2 is 1.00 bits per heavy atom. The molecule has 0 radical (unpaired) electrons. The summed E-state index contributed by atoms with van der Waals surface area (Å²) in [4.78, 5) is 13.8. The topological polar surface area (TPSA) is 125 Å². The van der Waals surface area contributed by atoms with Crippen LogP contribution < -0.4 is 4.90 Å². The fourth-order valence-corrected chi connectivity index (χ4v) is 3.26. The average molecular weight is 455 g/mol. The molecule has 0 heterocycles. The maximum atomic E-state index is 11.8. The number of hydrogen-bond acceptors (Lipinski definition) is 7. The first-order valence-corrected chi connectivity index (χ1v) is 10.3. The third-order valence-corrected chi connectivity index (χ3v) is 4.95. The molecule has 0 aliphatic rings. The van der Waals surface area contributed by atoms with Gasteiger partial charge in [0.1, 0.15) is 35.4 Å². The zero-order valence-corrected chi connectivity index (χ0v) is 18.6. The van der Waals surface area contributed by atoms with Gasteiger partial charge in [-0.3, -0.25) is 0 Å². The predicted octanol–water partition coefficient (Wildman–Crippen LogP) is 5.80. The zero-order chi connectivity index (χ0) is 25.2. The minimum atomic E-state index is -0.438. The predicted molar refractivity (Wildman–Crippen MR) is 131 cm³/mol. The third-order valence-electron chi connectivity index (χ3n) is 4.95. The maximum Gasteiger partial charge on any atom is 0.337 e. The average Bonchev–Trinajstić information content (AvgIpc) is 2.92. The summed E-state index contributed by atoms with van der Waals surface area (Å²) in [6.07, 6.45) is 3.00. The lowest BCUT2D eigenvalue weighted by atomic mass is 10.1. The van der Waals surface area contributed by atoms with Gasteiger partial charge in [0.2, 0.25) is 0 Å². The van der Waals surface area contributed by atoms with Crippen LogP contribution in [0.25, 0.3) is 12.2 Å². The first kappa shape index (κ1) is 24.0. The number of carbonyl (C=O) groups is 1. The van der Waals surface area contributed by atoms with Crippen molar-refractivity contribution in [3.63, 3.8) is 0 Å². The lowest BCUT2D eigenvalue weighted by molar-refractivity contribution is 0.0600. The summed E-state index contributed by atoms with van der Waals surface area (Å²) < 4.78 is 4.78. The van der Waals surface area contributed by atoms with Crippen molar-refractivity contribution in [1.82, 2.24) is 0 Å². The molecular formula is C28H17N5O2. The lowest BCUT2D eigenvalue weighted by Crippen LogP contribution is -2.10. The Morgan fingerprint density at radius 1 is 0.657 bits per heavy atom. The highest BCUT2D eigenvalue weighted by Crippen LogP contribution is 2.35. The number of carbonyl (C=O) groups excluding carboxylic acids is 1. The van der Waals surface area contributed by atoms with Gasteiger partial charge in [-0.1, -0.05) is 24.3 Å². The van der Waals surface area contributed by atoms with E-state index in [1.54, 1.807) is 48.5 Å². The van der Waals surface area contributed by atoms with Gasteiger partial charge in [0.25, 0.3) is 0 Å². The molecule has 0 N–H and O–H groups in total. The van der Waals surface area contributed by atoms with E-state index in [1.165, 1.54) is 19.3 Å². The quantitative estimate of drug-likeness (QED) is 0.339. The SMILES string of the molecule is COC(=O)c1ccc(N(c2ccc(C=C(C#N)C#N)cc2)c2ccc(C=C(C#N)C#N)cc2)cc1. The molecule has 0 fully saturated rings. The van der Waals surface area contributed by atoms with Crippen LogP contribution in [0.4, 0.5) is 17.1 Å². The van der Waals surface area contributed by atoms with E-state index >= 15 is 0 Å². The van der Waals surface area contributed by atoms with E-state index in [2.05, 4.69) is 0 Å². The highest BCUT2D eigenvalue weighted by Gasteiger charge is 2.14. The molecule has 0 saturated carbocycles. The van der Waals surface area contributed by atoms with Crippen LogP contribution >= 0.6 is 0 Å². The van der Waals surface area contributed by atoms with Crippen molar-refractivity contribution >= 4 is 35.2 Å². The van der Waals surface area contributed by atoms with Gasteiger partial charge < -0.3 is 9.64 Å². The minimum Gasteiger partial charge on any atom is -0.465 e. The summed E-state index contributed by atoms with van der Waals surface area (Å²) in [6, 6.07) is 28.9. The molecule has 3 aromatic carbocycles. The first-order valence-electron chi connectivity index (χ1n) is 10.3. The van der Waals surface area contributed by atoms with Crippen LogP contribution in [0.1, 0.15) is 21.5 Å². The molecule has 0 aliphatic heterocycles. The molecule has 166 valence electrons. The summed E-state index contributed by atoms with van der Waals surface area (Å²) >= 11 is 0. The van der Waals surface area contributed by atoms with E-state index in [4.69, 9.17) is 25.8 Å². The molecule has 7 nitrogen and oxygen atoms in total. The highest BCUT2D eigenvalue weighted by molar-refractivity contribution is 5.90. The van der Waals surface area contributed by atoms with E-state index in [1.807, 2.05) is 53.4 Å². The van der Waals surface area contributed by atoms with Crippen LogP contribution in [0.5, 0.6) is 0 Å². The van der Waals surface area contributed by atoms with Crippen LogP contribution in [0.2, 0.25) is 0 Å². The van der Waals surface area contributed by atoms with Crippen LogP contribution in [0, 0.1) is 45.3 Å². The molecule has 0 aromatic heterocycles. The number of allylic oxidation sites excluding steroid dienone is 2. The molecule has 0 aliphatic carbocycles. The van der Waals surface area contributed by atoms with Crippen molar-refractivity contribution in [2.24, 2.45) is 0 Å². The van der Waals surface area contributed by atoms with Crippen molar-refractivity contribution in [1.29, 1.82) is 21.0 Å². The smallest absolute Gasteiger partial charge is 0.337 e. The molecule has 3 rings (SSSR count). The number of benzene rings is 3. The Morgan fingerprint density at radius 3 is 1.31 bits per heavy atom. The number of rotatable bonds is 6. The van der Waals surface area contributed by atoms with Crippen LogP contribution in [0.15, 0.2) is 83.9 Å². The van der Waals surface area contributed by atoms with Crippen molar-refractivity contribution in [2.45, 2.75) is 0 Å². The molecular weight excluding hydrogens is 438 g/mol. The second kappa shape index (κ2) is 11.3. The van der Waals surface area contributed by atoms with Gasteiger partial charge >= 0.3 is 5.97 Å². The Balaban J connectivity index is 2.06. The number of esters is 1. The normalized spacial score (nSPS) is 9.29. The van der Waals surface area contributed by atoms with Crippen molar-refractivity contribution in [2.75, 3.05) is 12.0 Å². The lowest BCUT2D eigenvalue weighted by Gasteiger charge is -2.26. The molecule has 3 aromatic rings. The van der Waals surface area contributed by atoms with Gasteiger partial charge in [-0.2, -0.15) is 21.0 Å². The Labute approximate surface area is 202 Å². The molecule has 0 amide bonds.